The first-order chi connectivity index (χ1) is 8.48. The van der Waals surface area contributed by atoms with Gasteiger partial charge in [-0.3, -0.25) is 4.90 Å². The van der Waals surface area contributed by atoms with Crippen molar-refractivity contribution in [3.05, 3.63) is 0 Å². The van der Waals surface area contributed by atoms with E-state index in [-0.39, 0.29) is 0 Å². The number of unbranched alkanes of at least 4 members (excludes halogenated alkanes) is 2. The number of rotatable bonds is 7. The van der Waals surface area contributed by atoms with Gasteiger partial charge in [-0.05, 0) is 25.2 Å². The average molecular weight is 254 g/mol. The standard InChI is InChI=1S/C16H34N2/c1-6-8-9-10-16(4,5)13-18-12-14(3)17-11-15(18)7-2/h14-15,17H,6-13H2,1-5H3. The van der Waals surface area contributed by atoms with E-state index in [4.69, 9.17) is 0 Å². The molecule has 0 radical (unpaired) electrons. The molecule has 1 aliphatic heterocycles. The maximum absolute atomic E-state index is 3.61. The molecule has 1 rings (SSSR count). The zero-order valence-electron chi connectivity index (χ0n) is 13.3. The third-order valence-electron chi connectivity index (χ3n) is 4.29. The predicted molar refractivity (Wildman–Crippen MR) is 81.0 cm³/mol. The Hall–Kier alpha value is -0.0800. The van der Waals surface area contributed by atoms with Crippen LogP contribution in [-0.2, 0) is 0 Å². The van der Waals surface area contributed by atoms with Crippen LogP contribution in [0.4, 0.5) is 0 Å². The lowest BCUT2D eigenvalue weighted by Crippen LogP contribution is -2.57. The molecule has 0 bridgehead atoms. The van der Waals surface area contributed by atoms with Crippen molar-refractivity contribution in [1.29, 1.82) is 0 Å². The van der Waals surface area contributed by atoms with Gasteiger partial charge in [-0.25, -0.2) is 0 Å². The molecule has 2 unspecified atom stereocenters. The number of nitrogens with zero attached hydrogens (tertiary/aromatic N) is 1. The van der Waals surface area contributed by atoms with Gasteiger partial charge in [0.25, 0.3) is 0 Å². The highest BCUT2D eigenvalue weighted by Gasteiger charge is 2.29. The van der Waals surface area contributed by atoms with Crippen molar-refractivity contribution in [3.8, 4) is 0 Å². The minimum absolute atomic E-state index is 0.472. The molecule has 2 heteroatoms. The van der Waals surface area contributed by atoms with Gasteiger partial charge in [0, 0.05) is 31.7 Å². The second kappa shape index (κ2) is 7.49. The van der Waals surface area contributed by atoms with Gasteiger partial charge in [0.05, 0.1) is 0 Å². The summed E-state index contributed by atoms with van der Waals surface area (Å²) in [6.45, 7) is 15.5. The summed E-state index contributed by atoms with van der Waals surface area (Å²) in [5.41, 5.74) is 0.472. The van der Waals surface area contributed by atoms with Crippen LogP contribution in [0.3, 0.4) is 0 Å². The molecule has 0 aromatic heterocycles. The van der Waals surface area contributed by atoms with Gasteiger partial charge in [-0.1, -0.05) is 47.0 Å². The fraction of sp³-hybridized carbons (Fsp3) is 1.00. The van der Waals surface area contributed by atoms with E-state index in [0.29, 0.717) is 11.5 Å². The number of nitrogens with one attached hydrogen (secondary N) is 1. The Morgan fingerprint density at radius 1 is 1.22 bits per heavy atom. The lowest BCUT2D eigenvalue weighted by Gasteiger charge is -2.43. The van der Waals surface area contributed by atoms with Gasteiger partial charge in [0.15, 0.2) is 0 Å². The fourth-order valence-corrected chi connectivity index (χ4v) is 3.11. The zero-order chi connectivity index (χ0) is 13.6. The summed E-state index contributed by atoms with van der Waals surface area (Å²) >= 11 is 0. The molecule has 0 aromatic rings. The quantitative estimate of drug-likeness (QED) is 0.697. The highest BCUT2D eigenvalue weighted by atomic mass is 15.2. The van der Waals surface area contributed by atoms with E-state index in [2.05, 4.69) is 44.8 Å². The van der Waals surface area contributed by atoms with Gasteiger partial charge in [0.1, 0.15) is 0 Å². The summed E-state index contributed by atoms with van der Waals surface area (Å²) in [5, 5.41) is 3.61. The molecular formula is C16H34N2. The van der Waals surface area contributed by atoms with Crippen molar-refractivity contribution in [2.75, 3.05) is 19.6 Å². The van der Waals surface area contributed by atoms with Crippen LogP contribution in [0.1, 0.15) is 66.7 Å². The maximum atomic E-state index is 3.61. The topological polar surface area (TPSA) is 15.3 Å². The van der Waals surface area contributed by atoms with Crippen LogP contribution in [0.25, 0.3) is 0 Å². The van der Waals surface area contributed by atoms with Gasteiger partial charge in [-0.2, -0.15) is 0 Å². The first-order valence-corrected chi connectivity index (χ1v) is 7.96. The molecule has 18 heavy (non-hydrogen) atoms. The maximum Gasteiger partial charge on any atom is 0.0219 e. The van der Waals surface area contributed by atoms with Crippen molar-refractivity contribution in [2.45, 2.75) is 78.8 Å². The third-order valence-corrected chi connectivity index (χ3v) is 4.29. The molecule has 1 saturated heterocycles. The van der Waals surface area contributed by atoms with Crippen LogP contribution < -0.4 is 5.32 Å². The third kappa shape index (κ3) is 5.27. The van der Waals surface area contributed by atoms with Crippen LogP contribution in [0.15, 0.2) is 0 Å². The first-order valence-electron chi connectivity index (χ1n) is 7.96. The highest BCUT2D eigenvalue weighted by Crippen LogP contribution is 2.27. The van der Waals surface area contributed by atoms with Crippen LogP contribution >= 0.6 is 0 Å². The van der Waals surface area contributed by atoms with Crippen molar-refractivity contribution < 1.29 is 0 Å². The van der Waals surface area contributed by atoms with Crippen molar-refractivity contribution >= 4 is 0 Å². The molecular weight excluding hydrogens is 220 g/mol. The lowest BCUT2D eigenvalue weighted by atomic mass is 9.85. The number of piperazine rings is 1. The van der Waals surface area contributed by atoms with E-state index < -0.39 is 0 Å². The van der Waals surface area contributed by atoms with Crippen LogP contribution in [-0.4, -0.2) is 36.6 Å². The highest BCUT2D eigenvalue weighted by molar-refractivity contribution is 4.86. The van der Waals surface area contributed by atoms with E-state index in [1.807, 2.05) is 0 Å². The molecule has 2 nitrogen and oxygen atoms in total. The van der Waals surface area contributed by atoms with Gasteiger partial charge in [-0.15, -0.1) is 0 Å². The number of hydrogen-bond donors (Lipinski definition) is 1. The minimum Gasteiger partial charge on any atom is -0.311 e. The minimum atomic E-state index is 0.472. The van der Waals surface area contributed by atoms with Gasteiger partial charge >= 0.3 is 0 Å². The SMILES string of the molecule is CCCCCC(C)(C)CN1CC(C)NCC1CC. The molecule has 0 amide bonds. The first kappa shape index (κ1) is 16.0. The Balaban J connectivity index is 2.45. The smallest absolute Gasteiger partial charge is 0.0219 e. The Morgan fingerprint density at radius 3 is 2.56 bits per heavy atom. The summed E-state index contributed by atoms with van der Waals surface area (Å²) in [6, 6.07) is 1.39. The molecule has 0 saturated carbocycles. The largest absolute Gasteiger partial charge is 0.311 e. The molecule has 0 aliphatic carbocycles. The molecule has 1 N–H and O–H groups in total. The Bertz CT molecular complexity index is 225. The second-order valence-electron chi connectivity index (χ2n) is 6.92. The molecule has 1 heterocycles. The normalized spacial score (nSPS) is 26.5. The van der Waals surface area contributed by atoms with Crippen LogP contribution in [0.2, 0.25) is 0 Å². The predicted octanol–water partition coefficient (Wildman–Crippen LogP) is 3.67. The van der Waals surface area contributed by atoms with E-state index in [1.165, 1.54) is 51.7 Å². The van der Waals surface area contributed by atoms with E-state index in [9.17, 15) is 0 Å². The van der Waals surface area contributed by atoms with Gasteiger partial charge in [0.2, 0.25) is 0 Å². The molecule has 0 spiro atoms. The second-order valence-corrected chi connectivity index (χ2v) is 6.92. The molecule has 1 fully saturated rings. The molecule has 1 aliphatic rings. The fourth-order valence-electron chi connectivity index (χ4n) is 3.11. The van der Waals surface area contributed by atoms with Crippen LogP contribution in [0, 0.1) is 5.41 Å². The van der Waals surface area contributed by atoms with Crippen molar-refractivity contribution in [1.82, 2.24) is 10.2 Å². The summed E-state index contributed by atoms with van der Waals surface area (Å²) < 4.78 is 0. The van der Waals surface area contributed by atoms with E-state index in [1.54, 1.807) is 0 Å². The van der Waals surface area contributed by atoms with Gasteiger partial charge < -0.3 is 5.32 Å². The molecule has 0 aromatic carbocycles. The Morgan fingerprint density at radius 2 is 1.94 bits per heavy atom. The zero-order valence-corrected chi connectivity index (χ0v) is 13.3. The Labute approximate surface area is 115 Å². The average Bonchev–Trinajstić information content (AvgIpc) is 2.29. The number of hydrogen-bond acceptors (Lipinski definition) is 2. The summed E-state index contributed by atoms with van der Waals surface area (Å²) in [4.78, 5) is 2.73. The lowest BCUT2D eigenvalue weighted by molar-refractivity contribution is 0.0805. The summed E-state index contributed by atoms with van der Waals surface area (Å²) in [6.07, 6.45) is 6.75. The van der Waals surface area contributed by atoms with E-state index in [0.717, 1.165) is 6.04 Å². The Kier molecular flexibility index (Phi) is 6.65. The van der Waals surface area contributed by atoms with Crippen molar-refractivity contribution in [2.24, 2.45) is 5.41 Å². The van der Waals surface area contributed by atoms with E-state index >= 15 is 0 Å². The summed E-state index contributed by atoms with van der Waals surface area (Å²) in [5.74, 6) is 0. The molecule has 2 atom stereocenters. The van der Waals surface area contributed by atoms with Crippen molar-refractivity contribution in [3.63, 3.8) is 0 Å². The monoisotopic (exact) mass is 254 g/mol. The summed E-state index contributed by atoms with van der Waals surface area (Å²) in [7, 11) is 0. The van der Waals surface area contributed by atoms with Crippen LogP contribution in [0.5, 0.6) is 0 Å². The molecule has 108 valence electrons.